The standard InChI is InChI=1S/C29H35F3N6O/c1-17(2)38-18(3)16-39-28-23(31)12-19(13-26(28)38)27-24(32)15-33-29(35-27)34-20-6-7-25(22(30)14-20)37-10-8-21(9-11-37)36(4)5/h6-7,12-15,17-18,21H,8-11,16H2,1-5H3,(H,33,34,35). The van der Waals surface area contributed by atoms with Crippen LogP contribution >= 0.6 is 0 Å². The predicted octanol–water partition coefficient (Wildman–Crippen LogP) is 5.83. The van der Waals surface area contributed by atoms with E-state index in [2.05, 4.69) is 44.1 Å². The first-order chi connectivity index (χ1) is 18.6. The number of halogens is 3. The number of ether oxygens (including phenoxy) is 1. The van der Waals surface area contributed by atoms with Crippen LogP contribution in [0.2, 0.25) is 0 Å². The minimum absolute atomic E-state index is 0.0249. The van der Waals surface area contributed by atoms with E-state index >= 15 is 8.78 Å². The molecule has 7 nitrogen and oxygen atoms in total. The molecule has 1 N–H and O–H groups in total. The fourth-order valence-corrected chi connectivity index (χ4v) is 5.58. The molecule has 0 amide bonds. The summed E-state index contributed by atoms with van der Waals surface area (Å²) in [7, 11) is 4.14. The zero-order chi connectivity index (χ0) is 27.8. The van der Waals surface area contributed by atoms with Gasteiger partial charge in [-0.15, -0.1) is 0 Å². The molecule has 1 aromatic heterocycles. The van der Waals surface area contributed by atoms with Gasteiger partial charge in [0.2, 0.25) is 5.95 Å². The first-order valence-electron chi connectivity index (χ1n) is 13.4. The van der Waals surface area contributed by atoms with Gasteiger partial charge in [0.25, 0.3) is 0 Å². The van der Waals surface area contributed by atoms with Gasteiger partial charge in [-0.2, -0.15) is 0 Å². The Morgan fingerprint density at radius 1 is 1.00 bits per heavy atom. The smallest absolute Gasteiger partial charge is 0.227 e. The van der Waals surface area contributed by atoms with Crippen molar-refractivity contribution in [3.63, 3.8) is 0 Å². The number of hydrogen-bond acceptors (Lipinski definition) is 7. The van der Waals surface area contributed by atoms with Crippen LogP contribution in [0, 0.1) is 17.5 Å². The number of benzene rings is 2. The van der Waals surface area contributed by atoms with Crippen molar-refractivity contribution in [1.29, 1.82) is 0 Å². The van der Waals surface area contributed by atoms with E-state index in [0.29, 0.717) is 29.7 Å². The van der Waals surface area contributed by atoms with Gasteiger partial charge in [0.15, 0.2) is 17.4 Å². The lowest BCUT2D eigenvalue weighted by Crippen LogP contribution is -2.45. The second kappa shape index (κ2) is 10.9. The first kappa shape index (κ1) is 27.1. The summed E-state index contributed by atoms with van der Waals surface area (Å²) >= 11 is 0. The van der Waals surface area contributed by atoms with Crippen molar-refractivity contribution in [1.82, 2.24) is 14.9 Å². The largest absolute Gasteiger partial charge is 0.486 e. The molecule has 0 saturated carbocycles. The van der Waals surface area contributed by atoms with Crippen LogP contribution in [0.3, 0.4) is 0 Å². The van der Waals surface area contributed by atoms with Crippen LogP contribution in [0.15, 0.2) is 36.5 Å². The SMILES string of the molecule is CC(C)N1c2cc(-c3nc(Nc4ccc(N5CCC(N(C)C)CC5)c(F)c4)ncc3F)cc(F)c2OCC1C. The number of piperidine rings is 1. The average molecular weight is 541 g/mol. The summed E-state index contributed by atoms with van der Waals surface area (Å²) in [5, 5.41) is 2.96. The number of fused-ring (bicyclic) bond motifs is 1. The van der Waals surface area contributed by atoms with Crippen LogP contribution in [-0.2, 0) is 0 Å². The number of rotatable bonds is 6. The molecule has 3 aromatic rings. The third kappa shape index (κ3) is 5.48. The first-order valence-corrected chi connectivity index (χ1v) is 13.4. The zero-order valence-electron chi connectivity index (χ0n) is 23.0. The van der Waals surface area contributed by atoms with Crippen molar-refractivity contribution in [3.05, 3.63) is 54.0 Å². The van der Waals surface area contributed by atoms with Crippen molar-refractivity contribution in [2.24, 2.45) is 0 Å². The van der Waals surface area contributed by atoms with Crippen molar-refractivity contribution in [3.8, 4) is 17.0 Å². The molecule has 2 aliphatic rings. The molecule has 5 rings (SSSR count). The van der Waals surface area contributed by atoms with Crippen LogP contribution in [-0.4, -0.2) is 66.8 Å². The molecule has 0 aliphatic carbocycles. The number of aromatic nitrogens is 2. The van der Waals surface area contributed by atoms with E-state index < -0.39 is 11.6 Å². The van der Waals surface area contributed by atoms with Crippen LogP contribution in [0.5, 0.6) is 5.75 Å². The molecule has 1 atom stereocenters. The second-order valence-corrected chi connectivity index (χ2v) is 10.8. The molecule has 10 heteroatoms. The Hall–Kier alpha value is -3.53. The highest BCUT2D eigenvalue weighted by atomic mass is 19.1. The third-order valence-corrected chi connectivity index (χ3v) is 7.56. The number of anilines is 4. The van der Waals surface area contributed by atoms with Gasteiger partial charge in [-0.25, -0.2) is 23.1 Å². The Labute approximate surface area is 227 Å². The highest BCUT2D eigenvalue weighted by molar-refractivity contribution is 5.73. The Morgan fingerprint density at radius 3 is 2.41 bits per heavy atom. The average Bonchev–Trinajstić information content (AvgIpc) is 2.89. The van der Waals surface area contributed by atoms with Gasteiger partial charge in [-0.3, -0.25) is 0 Å². The van der Waals surface area contributed by atoms with E-state index in [1.54, 1.807) is 18.2 Å². The molecule has 1 saturated heterocycles. The van der Waals surface area contributed by atoms with E-state index in [0.717, 1.165) is 32.1 Å². The summed E-state index contributed by atoms with van der Waals surface area (Å²) in [4.78, 5) is 14.7. The zero-order valence-corrected chi connectivity index (χ0v) is 23.0. The highest BCUT2D eigenvalue weighted by Crippen LogP contribution is 2.41. The van der Waals surface area contributed by atoms with Crippen LogP contribution in [0.4, 0.5) is 36.2 Å². The van der Waals surface area contributed by atoms with E-state index in [9.17, 15) is 4.39 Å². The molecular formula is C29H35F3N6O. The molecule has 0 radical (unpaired) electrons. The van der Waals surface area contributed by atoms with E-state index in [-0.39, 0.29) is 40.9 Å². The fourth-order valence-electron chi connectivity index (χ4n) is 5.58. The van der Waals surface area contributed by atoms with Crippen molar-refractivity contribution in [2.75, 3.05) is 48.9 Å². The Kier molecular flexibility index (Phi) is 7.57. The van der Waals surface area contributed by atoms with E-state index in [1.165, 1.54) is 12.1 Å². The van der Waals surface area contributed by atoms with Gasteiger partial charge < -0.3 is 24.8 Å². The van der Waals surface area contributed by atoms with Crippen LogP contribution in [0.1, 0.15) is 33.6 Å². The Morgan fingerprint density at radius 2 is 1.74 bits per heavy atom. The minimum Gasteiger partial charge on any atom is -0.486 e. The lowest BCUT2D eigenvalue weighted by Gasteiger charge is -2.40. The fraction of sp³-hybridized carbons (Fsp3) is 0.448. The molecule has 0 spiro atoms. The summed E-state index contributed by atoms with van der Waals surface area (Å²) in [6, 6.07) is 8.40. The lowest BCUT2D eigenvalue weighted by molar-refractivity contribution is 0.249. The van der Waals surface area contributed by atoms with Crippen molar-refractivity contribution < 1.29 is 17.9 Å². The van der Waals surface area contributed by atoms with Gasteiger partial charge in [0, 0.05) is 36.4 Å². The molecule has 1 unspecified atom stereocenters. The topological polar surface area (TPSA) is 56.8 Å². The summed E-state index contributed by atoms with van der Waals surface area (Å²) in [6.07, 6.45) is 2.98. The minimum atomic E-state index is -0.691. The second-order valence-electron chi connectivity index (χ2n) is 10.8. The van der Waals surface area contributed by atoms with E-state index in [4.69, 9.17) is 4.74 Å². The molecule has 208 valence electrons. The third-order valence-electron chi connectivity index (χ3n) is 7.56. The van der Waals surface area contributed by atoms with Gasteiger partial charge in [-0.05, 0) is 78.0 Å². The van der Waals surface area contributed by atoms with Crippen molar-refractivity contribution in [2.45, 2.75) is 51.7 Å². The van der Waals surface area contributed by atoms with Gasteiger partial charge in [-0.1, -0.05) is 0 Å². The number of nitrogens with one attached hydrogen (secondary N) is 1. The van der Waals surface area contributed by atoms with Crippen LogP contribution in [0.25, 0.3) is 11.3 Å². The highest BCUT2D eigenvalue weighted by Gasteiger charge is 2.30. The number of hydrogen-bond donors (Lipinski definition) is 1. The number of nitrogens with zero attached hydrogens (tertiary/aromatic N) is 5. The Bertz CT molecular complexity index is 1340. The maximum atomic E-state index is 15.1. The molecule has 0 bridgehead atoms. The van der Waals surface area contributed by atoms with Gasteiger partial charge in [0.1, 0.15) is 18.1 Å². The lowest BCUT2D eigenvalue weighted by atomic mass is 10.0. The maximum Gasteiger partial charge on any atom is 0.227 e. The van der Waals surface area contributed by atoms with E-state index in [1.807, 2.05) is 20.8 Å². The van der Waals surface area contributed by atoms with Crippen molar-refractivity contribution >= 4 is 23.0 Å². The molecule has 39 heavy (non-hydrogen) atoms. The summed E-state index contributed by atoms with van der Waals surface area (Å²) in [5.74, 6) is -1.40. The Balaban J connectivity index is 1.39. The van der Waals surface area contributed by atoms with Gasteiger partial charge >= 0.3 is 0 Å². The predicted molar refractivity (Wildman–Crippen MR) is 149 cm³/mol. The van der Waals surface area contributed by atoms with Gasteiger partial charge in [0.05, 0.1) is 23.6 Å². The summed E-state index contributed by atoms with van der Waals surface area (Å²) < 4.78 is 50.7. The monoisotopic (exact) mass is 540 g/mol. The molecule has 3 heterocycles. The molecule has 2 aromatic carbocycles. The summed E-state index contributed by atoms with van der Waals surface area (Å²) in [5.41, 5.74) is 1.74. The van der Waals surface area contributed by atoms with Crippen LogP contribution < -0.4 is 19.9 Å². The molecule has 2 aliphatic heterocycles. The molecule has 1 fully saturated rings. The summed E-state index contributed by atoms with van der Waals surface area (Å²) in [6.45, 7) is 7.95. The maximum absolute atomic E-state index is 15.1. The normalized spacial score (nSPS) is 17.9. The molecular weight excluding hydrogens is 505 g/mol. The quantitative estimate of drug-likeness (QED) is 0.422.